The molecule has 1 unspecified atom stereocenters. The van der Waals surface area contributed by atoms with Crippen molar-refractivity contribution in [2.75, 3.05) is 0 Å². The lowest BCUT2D eigenvalue weighted by Gasteiger charge is -2.15. The van der Waals surface area contributed by atoms with Crippen molar-refractivity contribution in [1.29, 1.82) is 0 Å². The molecule has 0 fully saturated rings. The second-order valence-electron chi connectivity index (χ2n) is 3.79. The topological polar surface area (TPSA) is 26.0 Å². The lowest BCUT2D eigenvalue weighted by atomic mass is 9.99. The van der Waals surface area contributed by atoms with E-state index in [1.807, 2.05) is 0 Å². The monoisotopic (exact) mass is 303 g/mol. The van der Waals surface area contributed by atoms with Gasteiger partial charge in [0, 0.05) is 0 Å². The van der Waals surface area contributed by atoms with Crippen molar-refractivity contribution in [2.24, 2.45) is 5.73 Å². The van der Waals surface area contributed by atoms with Crippen molar-refractivity contribution < 1.29 is 4.39 Å². The summed E-state index contributed by atoms with van der Waals surface area (Å²) >= 11 is 17.6. The van der Waals surface area contributed by atoms with Gasteiger partial charge in [0.1, 0.15) is 5.82 Å². The maximum absolute atomic E-state index is 13.4. The SMILES string of the molecule is NC(c1ccc(Cl)c(F)c1)c1cccc(Cl)c1Cl. The lowest BCUT2D eigenvalue weighted by Crippen LogP contribution is -2.12. The molecule has 2 rings (SSSR count). The van der Waals surface area contributed by atoms with Crippen molar-refractivity contribution in [3.05, 3.63) is 68.4 Å². The molecule has 0 heterocycles. The summed E-state index contributed by atoms with van der Waals surface area (Å²) in [5.74, 6) is -0.511. The van der Waals surface area contributed by atoms with Crippen molar-refractivity contribution in [1.82, 2.24) is 0 Å². The Morgan fingerprint density at radius 1 is 1.00 bits per heavy atom. The zero-order chi connectivity index (χ0) is 13.3. The first-order valence-corrected chi connectivity index (χ1v) is 6.28. The van der Waals surface area contributed by atoms with Gasteiger partial charge in [0.15, 0.2) is 0 Å². The molecule has 0 radical (unpaired) electrons. The zero-order valence-corrected chi connectivity index (χ0v) is 11.4. The summed E-state index contributed by atoms with van der Waals surface area (Å²) in [6.45, 7) is 0. The highest BCUT2D eigenvalue weighted by atomic mass is 35.5. The minimum atomic E-state index is -0.553. The van der Waals surface area contributed by atoms with Crippen molar-refractivity contribution in [3.63, 3.8) is 0 Å². The van der Waals surface area contributed by atoms with E-state index in [1.54, 1.807) is 24.3 Å². The van der Waals surface area contributed by atoms with Gasteiger partial charge in [-0.3, -0.25) is 0 Å². The number of hydrogen-bond acceptors (Lipinski definition) is 1. The molecule has 2 aromatic rings. The molecule has 0 aliphatic heterocycles. The molecule has 0 saturated carbocycles. The van der Waals surface area contributed by atoms with E-state index in [2.05, 4.69) is 0 Å². The van der Waals surface area contributed by atoms with Gasteiger partial charge in [0.05, 0.1) is 21.1 Å². The Balaban J connectivity index is 2.44. The number of benzene rings is 2. The first-order chi connectivity index (χ1) is 8.50. The van der Waals surface area contributed by atoms with Crippen molar-refractivity contribution >= 4 is 34.8 Å². The molecule has 0 spiro atoms. The Morgan fingerprint density at radius 2 is 1.72 bits per heavy atom. The molecule has 0 aliphatic rings. The van der Waals surface area contributed by atoms with Gasteiger partial charge in [-0.1, -0.05) is 53.0 Å². The van der Waals surface area contributed by atoms with Gasteiger partial charge < -0.3 is 5.73 Å². The average molecular weight is 305 g/mol. The summed E-state index contributed by atoms with van der Waals surface area (Å²) in [6, 6.07) is 9.04. The van der Waals surface area contributed by atoms with E-state index in [-0.39, 0.29) is 5.02 Å². The van der Waals surface area contributed by atoms with Gasteiger partial charge in [-0.25, -0.2) is 4.39 Å². The van der Waals surface area contributed by atoms with Gasteiger partial charge in [0.25, 0.3) is 0 Å². The Hall–Kier alpha value is -0.800. The van der Waals surface area contributed by atoms with Crippen LogP contribution in [0.5, 0.6) is 0 Å². The van der Waals surface area contributed by atoms with E-state index in [4.69, 9.17) is 40.5 Å². The standard InChI is InChI=1S/C13H9Cl3FN/c14-9-5-4-7(6-11(9)17)13(18)8-2-1-3-10(15)12(8)16/h1-6,13H,18H2. The van der Waals surface area contributed by atoms with Crippen LogP contribution in [0.15, 0.2) is 36.4 Å². The van der Waals surface area contributed by atoms with Gasteiger partial charge in [-0.05, 0) is 29.3 Å². The predicted octanol–water partition coefficient (Wildman–Crippen LogP) is 4.83. The van der Waals surface area contributed by atoms with E-state index in [9.17, 15) is 4.39 Å². The van der Waals surface area contributed by atoms with Crippen LogP contribution < -0.4 is 5.73 Å². The summed E-state index contributed by atoms with van der Waals surface area (Å²) in [7, 11) is 0. The van der Waals surface area contributed by atoms with Crippen LogP contribution in [0.3, 0.4) is 0 Å². The van der Waals surface area contributed by atoms with Gasteiger partial charge in [-0.2, -0.15) is 0 Å². The molecule has 18 heavy (non-hydrogen) atoms. The summed E-state index contributed by atoms with van der Waals surface area (Å²) in [6.07, 6.45) is 0. The molecule has 0 aromatic heterocycles. The first-order valence-electron chi connectivity index (χ1n) is 5.15. The number of nitrogens with two attached hydrogens (primary N) is 1. The van der Waals surface area contributed by atoms with Gasteiger partial charge in [0.2, 0.25) is 0 Å². The van der Waals surface area contributed by atoms with Crippen LogP contribution in [-0.4, -0.2) is 0 Å². The molecule has 0 aliphatic carbocycles. The Kier molecular flexibility index (Phi) is 4.13. The smallest absolute Gasteiger partial charge is 0.142 e. The second kappa shape index (κ2) is 5.45. The van der Waals surface area contributed by atoms with Crippen LogP contribution in [0.2, 0.25) is 15.1 Å². The highest BCUT2D eigenvalue weighted by Gasteiger charge is 2.15. The zero-order valence-electron chi connectivity index (χ0n) is 9.13. The molecule has 1 atom stereocenters. The Labute approximate surface area is 119 Å². The average Bonchev–Trinajstić information content (AvgIpc) is 2.35. The summed E-state index contributed by atoms with van der Waals surface area (Å²) in [4.78, 5) is 0. The van der Waals surface area contributed by atoms with Gasteiger partial charge in [-0.15, -0.1) is 0 Å². The molecular formula is C13H9Cl3FN. The van der Waals surface area contributed by atoms with Crippen LogP contribution in [0.25, 0.3) is 0 Å². The van der Waals surface area contributed by atoms with Crippen LogP contribution in [0.1, 0.15) is 17.2 Å². The predicted molar refractivity (Wildman–Crippen MR) is 73.9 cm³/mol. The first kappa shape index (κ1) is 13.6. The van der Waals surface area contributed by atoms with Crippen molar-refractivity contribution in [3.8, 4) is 0 Å². The van der Waals surface area contributed by atoms with Crippen molar-refractivity contribution in [2.45, 2.75) is 6.04 Å². The third kappa shape index (κ3) is 2.62. The molecule has 5 heteroatoms. The molecule has 0 bridgehead atoms. The molecule has 94 valence electrons. The van der Waals surface area contributed by atoms with E-state index < -0.39 is 11.9 Å². The van der Waals surface area contributed by atoms with E-state index in [0.29, 0.717) is 21.2 Å². The lowest BCUT2D eigenvalue weighted by molar-refractivity contribution is 0.624. The quantitative estimate of drug-likeness (QED) is 0.844. The summed E-state index contributed by atoms with van der Waals surface area (Å²) in [5.41, 5.74) is 7.28. The minimum absolute atomic E-state index is 0.0585. The fourth-order valence-corrected chi connectivity index (χ4v) is 2.19. The highest BCUT2D eigenvalue weighted by molar-refractivity contribution is 6.42. The normalized spacial score (nSPS) is 12.5. The van der Waals surface area contributed by atoms with Gasteiger partial charge >= 0.3 is 0 Å². The molecule has 2 aromatic carbocycles. The summed E-state index contributed by atoms with van der Waals surface area (Å²) < 4.78 is 13.4. The molecule has 2 N–H and O–H groups in total. The fourth-order valence-electron chi connectivity index (χ4n) is 1.65. The summed E-state index contributed by atoms with van der Waals surface area (Å²) in [5, 5.41) is 0.851. The maximum Gasteiger partial charge on any atom is 0.142 e. The van der Waals surface area contributed by atoms with Crippen LogP contribution in [-0.2, 0) is 0 Å². The molecule has 1 nitrogen and oxygen atoms in total. The molecule has 0 saturated heterocycles. The fraction of sp³-hybridized carbons (Fsp3) is 0.0769. The molecular weight excluding hydrogens is 296 g/mol. The largest absolute Gasteiger partial charge is 0.320 e. The number of hydrogen-bond donors (Lipinski definition) is 1. The molecule has 0 amide bonds. The van der Waals surface area contributed by atoms with Crippen LogP contribution >= 0.6 is 34.8 Å². The van der Waals surface area contributed by atoms with Crippen LogP contribution in [0, 0.1) is 5.82 Å². The number of halogens is 4. The third-order valence-corrected chi connectivity index (χ3v) is 3.76. The Bertz CT molecular complexity index is 586. The minimum Gasteiger partial charge on any atom is -0.320 e. The van der Waals surface area contributed by atoms with E-state index >= 15 is 0 Å². The number of rotatable bonds is 2. The Morgan fingerprint density at radius 3 is 2.39 bits per heavy atom. The second-order valence-corrected chi connectivity index (χ2v) is 4.99. The maximum atomic E-state index is 13.4. The van der Waals surface area contributed by atoms with E-state index in [1.165, 1.54) is 12.1 Å². The third-order valence-electron chi connectivity index (χ3n) is 2.62. The van der Waals surface area contributed by atoms with Crippen LogP contribution in [0.4, 0.5) is 4.39 Å². The highest BCUT2D eigenvalue weighted by Crippen LogP contribution is 2.32. The van der Waals surface area contributed by atoms with E-state index in [0.717, 1.165) is 0 Å².